The van der Waals surface area contributed by atoms with Crippen molar-refractivity contribution in [2.75, 3.05) is 0 Å². The number of nitrogens with zero attached hydrogens (tertiary/aromatic N) is 2. The molecule has 0 amide bonds. The lowest BCUT2D eigenvalue weighted by atomic mass is 10.1. The van der Waals surface area contributed by atoms with Crippen LogP contribution in [0.15, 0.2) is 34.4 Å². The van der Waals surface area contributed by atoms with Crippen LogP contribution in [-0.2, 0) is 0 Å². The molecule has 2 rings (SSSR count). The second kappa shape index (κ2) is 3.91. The van der Waals surface area contributed by atoms with Crippen molar-refractivity contribution in [1.29, 1.82) is 5.26 Å². The summed E-state index contributed by atoms with van der Waals surface area (Å²) in [6.07, 6.45) is 3.28. The molecule has 0 saturated heterocycles. The minimum absolute atomic E-state index is 0.613. The van der Waals surface area contributed by atoms with Crippen LogP contribution >= 0.6 is 27.3 Å². The quantitative estimate of drug-likeness (QED) is 0.791. The predicted octanol–water partition coefficient (Wildman–Crippen LogP) is 3.44. The Morgan fingerprint density at radius 3 is 3.00 bits per heavy atom. The van der Waals surface area contributed by atoms with Gasteiger partial charge in [-0.25, -0.2) is 0 Å². The molecule has 0 unspecified atom stereocenters. The minimum atomic E-state index is 0.613. The third-order valence-electron chi connectivity index (χ3n) is 1.77. The van der Waals surface area contributed by atoms with Gasteiger partial charge in [0.2, 0.25) is 0 Å². The first-order valence-corrected chi connectivity index (χ1v) is 5.57. The Hall–Kier alpha value is -1.18. The lowest BCUT2D eigenvalue weighted by molar-refractivity contribution is 1.31. The van der Waals surface area contributed by atoms with E-state index in [0.29, 0.717) is 5.56 Å². The Labute approximate surface area is 94.0 Å². The van der Waals surface area contributed by atoms with E-state index in [2.05, 4.69) is 27.0 Å². The second-order valence-corrected chi connectivity index (χ2v) is 4.49. The fraction of sp³-hybridized carbons (Fsp3) is 0. The smallest absolute Gasteiger partial charge is 0.101 e. The number of nitriles is 1. The first kappa shape index (κ1) is 9.38. The number of rotatable bonds is 1. The van der Waals surface area contributed by atoms with E-state index >= 15 is 0 Å². The fourth-order valence-electron chi connectivity index (χ4n) is 1.15. The SMILES string of the molecule is N#Cc1cnccc1-c1cc(Br)cs1. The molecule has 4 heteroatoms. The van der Waals surface area contributed by atoms with Crippen molar-refractivity contribution >= 4 is 27.3 Å². The molecule has 14 heavy (non-hydrogen) atoms. The highest BCUT2D eigenvalue weighted by atomic mass is 79.9. The normalized spacial score (nSPS) is 9.71. The standard InChI is InChI=1S/C10H5BrN2S/c11-8-3-10(14-6-8)9-1-2-13-5-7(9)4-12/h1-3,5-6H. The number of aromatic nitrogens is 1. The number of pyridine rings is 1. The van der Waals surface area contributed by atoms with Gasteiger partial charge in [-0.2, -0.15) is 5.26 Å². The van der Waals surface area contributed by atoms with Gasteiger partial charge in [-0.1, -0.05) is 0 Å². The molecule has 2 aromatic heterocycles. The lowest BCUT2D eigenvalue weighted by Crippen LogP contribution is -1.82. The molecule has 2 aromatic rings. The Balaban J connectivity index is 2.57. The molecular formula is C10H5BrN2S. The second-order valence-electron chi connectivity index (χ2n) is 2.66. The van der Waals surface area contributed by atoms with Gasteiger partial charge in [0.25, 0.3) is 0 Å². The van der Waals surface area contributed by atoms with E-state index in [-0.39, 0.29) is 0 Å². The van der Waals surface area contributed by atoms with Crippen molar-refractivity contribution in [2.24, 2.45) is 0 Å². The highest BCUT2D eigenvalue weighted by Crippen LogP contribution is 2.31. The molecule has 0 bridgehead atoms. The Morgan fingerprint density at radius 1 is 1.50 bits per heavy atom. The van der Waals surface area contributed by atoms with Crippen LogP contribution in [0, 0.1) is 11.3 Å². The molecule has 0 spiro atoms. The largest absolute Gasteiger partial charge is 0.263 e. The highest BCUT2D eigenvalue weighted by molar-refractivity contribution is 9.10. The molecule has 68 valence electrons. The number of hydrogen-bond donors (Lipinski definition) is 0. The van der Waals surface area contributed by atoms with Gasteiger partial charge < -0.3 is 0 Å². The molecule has 0 N–H and O–H groups in total. The third kappa shape index (κ3) is 1.69. The predicted molar refractivity (Wildman–Crippen MR) is 60.0 cm³/mol. The first-order chi connectivity index (χ1) is 6.81. The molecule has 2 heterocycles. The van der Waals surface area contributed by atoms with Crippen molar-refractivity contribution < 1.29 is 0 Å². The number of thiophene rings is 1. The van der Waals surface area contributed by atoms with Crippen molar-refractivity contribution in [1.82, 2.24) is 4.98 Å². The van der Waals surface area contributed by atoms with Crippen molar-refractivity contribution in [3.05, 3.63) is 39.9 Å². The Bertz CT molecular complexity index is 499. The molecule has 0 aromatic carbocycles. The van der Waals surface area contributed by atoms with Gasteiger partial charge in [-0.3, -0.25) is 4.98 Å². The summed E-state index contributed by atoms with van der Waals surface area (Å²) in [5, 5.41) is 10.9. The molecule has 2 nitrogen and oxygen atoms in total. The van der Waals surface area contributed by atoms with E-state index < -0.39 is 0 Å². The summed E-state index contributed by atoms with van der Waals surface area (Å²) in [7, 11) is 0. The number of halogens is 1. The van der Waals surface area contributed by atoms with E-state index in [1.807, 2.05) is 17.5 Å². The van der Waals surface area contributed by atoms with E-state index in [1.54, 1.807) is 23.7 Å². The highest BCUT2D eigenvalue weighted by Gasteiger charge is 2.06. The molecule has 0 aliphatic heterocycles. The minimum Gasteiger partial charge on any atom is -0.263 e. The molecular weight excluding hydrogens is 260 g/mol. The summed E-state index contributed by atoms with van der Waals surface area (Å²) in [4.78, 5) is 5.00. The van der Waals surface area contributed by atoms with Crippen LogP contribution in [0.2, 0.25) is 0 Å². The van der Waals surface area contributed by atoms with E-state index in [1.165, 1.54) is 0 Å². The van der Waals surface area contributed by atoms with Gasteiger partial charge in [-0.15, -0.1) is 11.3 Å². The average Bonchev–Trinajstić information content (AvgIpc) is 2.65. The zero-order valence-corrected chi connectivity index (χ0v) is 9.47. The van der Waals surface area contributed by atoms with Gasteiger partial charge in [-0.05, 0) is 28.1 Å². The summed E-state index contributed by atoms with van der Waals surface area (Å²) < 4.78 is 1.04. The van der Waals surface area contributed by atoms with Crippen molar-refractivity contribution in [3.63, 3.8) is 0 Å². The average molecular weight is 265 g/mol. The van der Waals surface area contributed by atoms with E-state index in [0.717, 1.165) is 14.9 Å². The summed E-state index contributed by atoms with van der Waals surface area (Å²) in [5.74, 6) is 0. The van der Waals surface area contributed by atoms with Crippen molar-refractivity contribution in [2.45, 2.75) is 0 Å². The van der Waals surface area contributed by atoms with Gasteiger partial charge in [0.05, 0.1) is 5.56 Å². The van der Waals surface area contributed by atoms with Crippen LogP contribution in [0.25, 0.3) is 10.4 Å². The summed E-state index contributed by atoms with van der Waals surface area (Å²) in [6.45, 7) is 0. The van der Waals surface area contributed by atoms with Gasteiger partial charge in [0.1, 0.15) is 6.07 Å². The van der Waals surface area contributed by atoms with Gasteiger partial charge in [0.15, 0.2) is 0 Å². The van der Waals surface area contributed by atoms with Crippen LogP contribution in [0.4, 0.5) is 0 Å². The summed E-state index contributed by atoms with van der Waals surface area (Å²) >= 11 is 4.99. The maximum Gasteiger partial charge on any atom is 0.101 e. The first-order valence-electron chi connectivity index (χ1n) is 3.90. The number of hydrogen-bond acceptors (Lipinski definition) is 3. The maximum absolute atomic E-state index is 8.89. The van der Waals surface area contributed by atoms with Crippen LogP contribution in [0.5, 0.6) is 0 Å². The Kier molecular flexibility index (Phi) is 2.62. The van der Waals surface area contributed by atoms with Crippen molar-refractivity contribution in [3.8, 4) is 16.5 Å². The van der Waals surface area contributed by atoms with Crippen LogP contribution < -0.4 is 0 Å². The topological polar surface area (TPSA) is 36.7 Å². The van der Waals surface area contributed by atoms with Gasteiger partial charge in [0, 0.05) is 32.7 Å². The third-order valence-corrected chi connectivity index (χ3v) is 3.50. The monoisotopic (exact) mass is 264 g/mol. The van der Waals surface area contributed by atoms with Crippen LogP contribution in [-0.4, -0.2) is 4.98 Å². The van der Waals surface area contributed by atoms with Gasteiger partial charge >= 0.3 is 0 Å². The molecule has 0 saturated carbocycles. The maximum atomic E-state index is 8.89. The molecule has 0 radical (unpaired) electrons. The zero-order chi connectivity index (χ0) is 9.97. The zero-order valence-electron chi connectivity index (χ0n) is 7.07. The van der Waals surface area contributed by atoms with E-state index in [9.17, 15) is 0 Å². The summed E-state index contributed by atoms with van der Waals surface area (Å²) in [5.41, 5.74) is 1.56. The molecule has 0 aliphatic rings. The molecule has 0 aliphatic carbocycles. The molecule has 0 fully saturated rings. The van der Waals surface area contributed by atoms with Crippen LogP contribution in [0.1, 0.15) is 5.56 Å². The summed E-state index contributed by atoms with van der Waals surface area (Å²) in [6, 6.07) is 5.99. The van der Waals surface area contributed by atoms with Crippen LogP contribution in [0.3, 0.4) is 0 Å². The molecule has 0 atom stereocenters. The lowest BCUT2D eigenvalue weighted by Gasteiger charge is -1.97. The van der Waals surface area contributed by atoms with E-state index in [4.69, 9.17) is 5.26 Å². The fourth-order valence-corrected chi connectivity index (χ4v) is 2.62. The Morgan fingerprint density at radius 2 is 2.36 bits per heavy atom.